The Labute approximate surface area is 169 Å². The SMILES string of the molecule is C=C(CCc1cc(-c2cnc(N)c(OC(F)F)c2)nn1C(C)C)N1CCOCC1. The number of morpholine rings is 1. The van der Waals surface area contributed by atoms with Crippen molar-refractivity contribution >= 4 is 5.82 Å². The van der Waals surface area contributed by atoms with E-state index >= 15 is 0 Å². The molecule has 1 fully saturated rings. The van der Waals surface area contributed by atoms with Crippen molar-refractivity contribution in [2.75, 3.05) is 32.0 Å². The van der Waals surface area contributed by atoms with Crippen LogP contribution in [0.5, 0.6) is 5.75 Å². The van der Waals surface area contributed by atoms with E-state index in [4.69, 9.17) is 10.5 Å². The van der Waals surface area contributed by atoms with Crippen LogP contribution in [0.2, 0.25) is 0 Å². The number of nitrogen functional groups attached to an aromatic ring is 1. The Hall–Kier alpha value is -2.68. The summed E-state index contributed by atoms with van der Waals surface area (Å²) in [7, 11) is 0. The van der Waals surface area contributed by atoms with Crippen LogP contribution in [0.25, 0.3) is 11.3 Å². The van der Waals surface area contributed by atoms with Crippen LogP contribution in [-0.4, -0.2) is 52.6 Å². The zero-order chi connectivity index (χ0) is 21.0. The lowest BCUT2D eigenvalue weighted by Crippen LogP contribution is -2.35. The highest BCUT2D eigenvalue weighted by molar-refractivity contribution is 5.64. The van der Waals surface area contributed by atoms with E-state index in [1.165, 1.54) is 12.3 Å². The van der Waals surface area contributed by atoms with Crippen LogP contribution in [0, 0.1) is 0 Å². The first-order valence-corrected chi connectivity index (χ1v) is 9.64. The molecule has 2 N–H and O–H groups in total. The summed E-state index contributed by atoms with van der Waals surface area (Å²) in [6, 6.07) is 3.54. The van der Waals surface area contributed by atoms with Gasteiger partial charge in [0.15, 0.2) is 11.6 Å². The molecular weight excluding hydrogens is 380 g/mol. The van der Waals surface area contributed by atoms with Gasteiger partial charge >= 0.3 is 6.61 Å². The molecule has 1 aliphatic rings. The summed E-state index contributed by atoms with van der Waals surface area (Å²) >= 11 is 0. The van der Waals surface area contributed by atoms with Crippen molar-refractivity contribution in [3.05, 3.63) is 36.3 Å². The Kier molecular flexibility index (Phi) is 6.68. The predicted octanol–water partition coefficient (Wildman–Crippen LogP) is 3.49. The van der Waals surface area contributed by atoms with Crippen LogP contribution >= 0.6 is 0 Å². The van der Waals surface area contributed by atoms with Gasteiger partial charge in [-0.05, 0) is 38.8 Å². The Balaban J connectivity index is 1.79. The number of pyridine rings is 1. The van der Waals surface area contributed by atoms with Crippen LogP contribution in [0.1, 0.15) is 32.0 Å². The minimum Gasteiger partial charge on any atom is -0.431 e. The molecule has 0 atom stereocenters. The van der Waals surface area contributed by atoms with Crippen molar-refractivity contribution in [2.45, 2.75) is 39.3 Å². The van der Waals surface area contributed by atoms with Crippen LogP contribution in [0.15, 0.2) is 30.6 Å². The summed E-state index contributed by atoms with van der Waals surface area (Å²) < 4.78 is 37.0. The molecule has 2 aromatic heterocycles. The van der Waals surface area contributed by atoms with E-state index in [-0.39, 0.29) is 17.6 Å². The molecule has 7 nitrogen and oxygen atoms in total. The summed E-state index contributed by atoms with van der Waals surface area (Å²) in [5.41, 5.74) is 8.96. The summed E-state index contributed by atoms with van der Waals surface area (Å²) in [4.78, 5) is 6.21. The fraction of sp³-hybridized carbons (Fsp3) is 0.500. The number of allylic oxidation sites excluding steroid dienone is 1. The smallest absolute Gasteiger partial charge is 0.387 e. The van der Waals surface area contributed by atoms with Gasteiger partial charge in [-0.1, -0.05) is 6.58 Å². The Morgan fingerprint density at radius 1 is 1.31 bits per heavy atom. The largest absolute Gasteiger partial charge is 0.431 e. The maximum absolute atomic E-state index is 12.6. The summed E-state index contributed by atoms with van der Waals surface area (Å²) in [6.45, 7) is 8.50. The second-order valence-electron chi connectivity index (χ2n) is 7.21. The number of alkyl halides is 2. The number of halogens is 2. The van der Waals surface area contributed by atoms with Gasteiger partial charge in [0.1, 0.15) is 0 Å². The molecule has 0 radical (unpaired) electrons. The summed E-state index contributed by atoms with van der Waals surface area (Å²) in [5, 5.41) is 4.65. The standard InChI is InChI=1S/C20H27F2N5O2/c1-13(2)27-16(5-4-14(3)26-6-8-28-9-7-26)11-17(25-27)15-10-18(29-20(21)22)19(23)24-12-15/h10-13,20H,3-9H2,1-2H3,(H2,23,24). The number of anilines is 1. The number of aromatic nitrogens is 3. The predicted molar refractivity (Wildman–Crippen MR) is 107 cm³/mol. The molecule has 0 bridgehead atoms. The molecule has 0 amide bonds. The molecular formula is C20H27F2N5O2. The van der Waals surface area contributed by atoms with Gasteiger partial charge in [-0.3, -0.25) is 4.68 Å². The lowest BCUT2D eigenvalue weighted by atomic mass is 10.1. The van der Waals surface area contributed by atoms with Gasteiger partial charge in [-0.15, -0.1) is 0 Å². The highest BCUT2D eigenvalue weighted by Gasteiger charge is 2.17. The second-order valence-corrected chi connectivity index (χ2v) is 7.21. The number of rotatable bonds is 8. The molecule has 9 heteroatoms. The fourth-order valence-corrected chi connectivity index (χ4v) is 3.30. The van der Waals surface area contributed by atoms with Gasteiger partial charge in [0.2, 0.25) is 0 Å². The first kappa shape index (κ1) is 21.0. The molecule has 1 saturated heterocycles. The minimum atomic E-state index is -2.97. The average Bonchev–Trinajstić information content (AvgIpc) is 3.13. The highest BCUT2D eigenvalue weighted by atomic mass is 19.3. The second kappa shape index (κ2) is 9.21. The summed E-state index contributed by atoms with van der Waals surface area (Å²) in [6.07, 6.45) is 3.08. The topological polar surface area (TPSA) is 78.4 Å². The van der Waals surface area contributed by atoms with E-state index < -0.39 is 6.61 Å². The van der Waals surface area contributed by atoms with Gasteiger partial charge in [0.05, 0.1) is 18.9 Å². The van der Waals surface area contributed by atoms with Crippen LogP contribution in [-0.2, 0) is 11.2 Å². The third kappa shape index (κ3) is 5.23. The molecule has 0 aromatic carbocycles. The van der Waals surface area contributed by atoms with Crippen molar-refractivity contribution in [3.8, 4) is 17.0 Å². The average molecular weight is 407 g/mol. The van der Waals surface area contributed by atoms with E-state index in [0.29, 0.717) is 11.3 Å². The van der Waals surface area contributed by atoms with Gasteiger partial charge in [-0.25, -0.2) is 4.98 Å². The van der Waals surface area contributed by atoms with Gasteiger partial charge in [0.25, 0.3) is 0 Å². The molecule has 29 heavy (non-hydrogen) atoms. The maximum atomic E-state index is 12.6. The number of nitrogens with zero attached hydrogens (tertiary/aromatic N) is 4. The van der Waals surface area contributed by atoms with Crippen LogP contribution in [0.4, 0.5) is 14.6 Å². The number of aryl methyl sites for hydroxylation is 1. The lowest BCUT2D eigenvalue weighted by molar-refractivity contribution is -0.0494. The van der Waals surface area contributed by atoms with Crippen LogP contribution in [0.3, 0.4) is 0 Å². The quantitative estimate of drug-likeness (QED) is 0.722. The van der Waals surface area contributed by atoms with Crippen molar-refractivity contribution in [2.24, 2.45) is 0 Å². The van der Waals surface area contributed by atoms with E-state index in [0.717, 1.165) is 50.5 Å². The molecule has 158 valence electrons. The van der Waals surface area contributed by atoms with E-state index in [1.807, 2.05) is 24.6 Å². The monoisotopic (exact) mass is 407 g/mol. The first-order valence-electron chi connectivity index (χ1n) is 9.64. The van der Waals surface area contributed by atoms with Crippen molar-refractivity contribution in [1.82, 2.24) is 19.7 Å². The number of nitrogens with two attached hydrogens (primary N) is 1. The van der Waals surface area contributed by atoms with Gasteiger partial charge < -0.3 is 20.1 Å². The molecule has 0 spiro atoms. The fourth-order valence-electron chi connectivity index (χ4n) is 3.30. The normalized spacial score (nSPS) is 14.6. The zero-order valence-electron chi connectivity index (χ0n) is 16.8. The van der Waals surface area contributed by atoms with Crippen molar-refractivity contribution in [3.63, 3.8) is 0 Å². The van der Waals surface area contributed by atoms with E-state index in [1.54, 1.807) is 0 Å². The first-order chi connectivity index (χ1) is 13.8. The highest BCUT2D eigenvalue weighted by Crippen LogP contribution is 2.29. The lowest BCUT2D eigenvalue weighted by Gasteiger charge is -2.30. The molecule has 0 aliphatic carbocycles. The number of hydrogen-bond donors (Lipinski definition) is 1. The molecule has 0 unspecified atom stereocenters. The van der Waals surface area contributed by atoms with Gasteiger partial charge in [-0.2, -0.15) is 13.9 Å². The molecule has 2 aromatic rings. The van der Waals surface area contributed by atoms with Gasteiger partial charge in [0, 0.05) is 42.3 Å². The van der Waals surface area contributed by atoms with E-state index in [9.17, 15) is 8.78 Å². The third-order valence-corrected chi connectivity index (χ3v) is 4.82. The Bertz CT molecular complexity index is 847. The van der Waals surface area contributed by atoms with Crippen molar-refractivity contribution < 1.29 is 18.3 Å². The molecule has 0 saturated carbocycles. The Morgan fingerprint density at radius 3 is 2.69 bits per heavy atom. The maximum Gasteiger partial charge on any atom is 0.387 e. The van der Waals surface area contributed by atoms with E-state index in [2.05, 4.69) is 26.3 Å². The zero-order valence-corrected chi connectivity index (χ0v) is 16.8. The minimum absolute atomic E-state index is 0.0839. The Morgan fingerprint density at radius 2 is 2.03 bits per heavy atom. The summed E-state index contributed by atoms with van der Waals surface area (Å²) in [5.74, 6) is -0.238. The number of ether oxygens (including phenoxy) is 2. The molecule has 3 heterocycles. The molecule has 1 aliphatic heterocycles. The van der Waals surface area contributed by atoms with Crippen LogP contribution < -0.4 is 10.5 Å². The van der Waals surface area contributed by atoms with Crippen molar-refractivity contribution in [1.29, 1.82) is 0 Å². The number of hydrogen-bond acceptors (Lipinski definition) is 6. The third-order valence-electron chi connectivity index (χ3n) is 4.82. The molecule has 3 rings (SSSR count).